The summed E-state index contributed by atoms with van der Waals surface area (Å²) in [4.78, 5) is 7.96. The minimum absolute atomic E-state index is 0.181. The lowest BCUT2D eigenvalue weighted by molar-refractivity contribution is 0.628. The van der Waals surface area contributed by atoms with Crippen LogP contribution in [0, 0.1) is 12.7 Å². The van der Waals surface area contributed by atoms with Gasteiger partial charge in [0.15, 0.2) is 0 Å². The second-order valence-electron chi connectivity index (χ2n) is 6.05. The quantitative estimate of drug-likeness (QED) is 0.539. The van der Waals surface area contributed by atoms with Crippen molar-refractivity contribution >= 4 is 16.6 Å². The summed E-state index contributed by atoms with van der Waals surface area (Å²) < 4.78 is 13.6. The van der Waals surface area contributed by atoms with Crippen LogP contribution in [0.3, 0.4) is 0 Å². The molecule has 4 heteroatoms. The maximum absolute atomic E-state index is 13.6. The van der Waals surface area contributed by atoms with Gasteiger partial charge in [0.05, 0.1) is 11.7 Å². The molecule has 0 unspecified atom stereocenters. The molecule has 4 rings (SSSR count). The predicted octanol–water partition coefficient (Wildman–Crippen LogP) is 5.21. The highest BCUT2D eigenvalue weighted by Gasteiger charge is 2.21. The van der Waals surface area contributed by atoms with Gasteiger partial charge in [-0.25, -0.2) is 4.39 Å². The number of aromatic amines is 1. The van der Waals surface area contributed by atoms with Crippen LogP contribution >= 0.6 is 0 Å². The van der Waals surface area contributed by atoms with Crippen LogP contribution in [0.1, 0.15) is 23.0 Å². The normalized spacial score (nSPS) is 12.2. The maximum atomic E-state index is 13.6. The predicted molar refractivity (Wildman–Crippen MR) is 99.1 cm³/mol. The van der Waals surface area contributed by atoms with Gasteiger partial charge in [0.1, 0.15) is 5.82 Å². The monoisotopic (exact) mass is 331 g/mol. The Labute approximate surface area is 145 Å². The molecule has 124 valence electrons. The van der Waals surface area contributed by atoms with Crippen LogP contribution < -0.4 is 5.32 Å². The summed E-state index contributed by atoms with van der Waals surface area (Å²) in [6, 6.07) is 20.4. The van der Waals surface area contributed by atoms with Gasteiger partial charge in [-0.1, -0.05) is 30.3 Å². The number of aromatic nitrogens is 2. The highest BCUT2D eigenvalue weighted by Crippen LogP contribution is 2.33. The number of rotatable bonds is 4. The topological polar surface area (TPSA) is 40.7 Å². The number of hydrogen-bond acceptors (Lipinski definition) is 2. The molecular formula is C21H18FN3. The van der Waals surface area contributed by atoms with Crippen molar-refractivity contribution in [3.8, 4) is 0 Å². The number of para-hydroxylation sites is 1. The third-order valence-corrected chi connectivity index (χ3v) is 4.35. The number of nitrogens with zero attached hydrogens (tertiary/aromatic N) is 1. The van der Waals surface area contributed by atoms with E-state index in [9.17, 15) is 4.39 Å². The Morgan fingerprint density at radius 1 is 1.00 bits per heavy atom. The lowest BCUT2D eigenvalue weighted by Gasteiger charge is -2.20. The standard InChI is InChI=1S/C21H18FN3/c1-14-20(17-9-2-3-10-18(17)24-14)21(19-11-4-5-12-23-19)25-16-8-6-7-15(22)13-16/h2-13,21,24-25H,1H3/t21-/m1/s1. The molecule has 2 aromatic carbocycles. The molecular weight excluding hydrogens is 313 g/mol. The highest BCUT2D eigenvalue weighted by molar-refractivity contribution is 5.86. The minimum atomic E-state index is -0.264. The van der Waals surface area contributed by atoms with E-state index in [1.54, 1.807) is 12.3 Å². The van der Waals surface area contributed by atoms with Crippen molar-refractivity contribution in [2.24, 2.45) is 0 Å². The van der Waals surface area contributed by atoms with Gasteiger partial charge in [-0.05, 0) is 43.3 Å². The smallest absolute Gasteiger partial charge is 0.125 e. The molecule has 0 fully saturated rings. The fourth-order valence-corrected chi connectivity index (χ4v) is 3.26. The van der Waals surface area contributed by atoms with E-state index < -0.39 is 0 Å². The Balaban J connectivity index is 1.87. The molecule has 0 amide bonds. The zero-order valence-electron chi connectivity index (χ0n) is 13.8. The number of nitrogens with one attached hydrogen (secondary N) is 2. The summed E-state index contributed by atoms with van der Waals surface area (Å²) in [6.45, 7) is 2.05. The lowest BCUT2D eigenvalue weighted by Crippen LogP contribution is -2.14. The molecule has 1 atom stereocenters. The Bertz CT molecular complexity index is 1010. The third-order valence-electron chi connectivity index (χ3n) is 4.35. The van der Waals surface area contributed by atoms with Gasteiger partial charge in [-0.2, -0.15) is 0 Å². The maximum Gasteiger partial charge on any atom is 0.125 e. The summed E-state index contributed by atoms with van der Waals surface area (Å²) in [5.74, 6) is -0.264. The number of anilines is 1. The van der Waals surface area contributed by atoms with Crippen LogP contribution in [-0.4, -0.2) is 9.97 Å². The van der Waals surface area contributed by atoms with Crippen molar-refractivity contribution in [2.45, 2.75) is 13.0 Å². The van der Waals surface area contributed by atoms with E-state index in [1.807, 2.05) is 36.4 Å². The van der Waals surface area contributed by atoms with Crippen molar-refractivity contribution in [1.82, 2.24) is 9.97 Å². The van der Waals surface area contributed by atoms with Crippen molar-refractivity contribution in [3.63, 3.8) is 0 Å². The number of H-pyrrole nitrogens is 1. The molecule has 0 bridgehead atoms. The van der Waals surface area contributed by atoms with E-state index >= 15 is 0 Å². The number of fused-ring (bicyclic) bond motifs is 1. The zero-order chi connectivity index (χ0) is 17.2. The van der Waals surface area contributed by atoms with E-state index in [0.717, 1.165) is 33.5 Å². The van der Waals surface area contributed by atoms with Gasteiger partial charge in [-0.15, -0.1) is 0 Å². The van der Waals surface area contributed by atoms with E-state index in [2.05, 4.69) is 34.3 Å². The molecule has 25 heavy (non-hydrogen) atoms. The van der Waals surface area contributed by atoms with Crippen LogP contribution in [0.4, 0.5) is 10.1 Å². The lowest BCUT2D eigenvalue weighted by atomic mass is 9.99. The molecule has 0 spiro atoms. The average molecular weight is 331 g/mol. The van der Waals surface area contributed by atoms with Crippen molar-refractivity contribution < 1.29 is 4.39 Å². The van der Waals surface area contributed by atoms with Gasteiger partial charge < -0.3 is 10.3 Å². The largest absolute Gasteiger partial charge is 0.373 e. The molecule has 2 N–H and O–H groups in total. The van der Waals surface area contributed by atoms with Crippen LogP contribution in [0.15, 0.2) is 72.9 Å². The first-order valence-corrected chi connectivity index (χ1v) is 8.22. The Hall–Kier alpha value is -3.14. The molecule has 0 saturated carbocycles. The first kappa shape index (κ1) is 15.4. The molecule has 0 aliphatic heterocycles. The summed E-state index contributed by atoms with van der Waals surface area (Å²) >= 11 is 0. The Morgan fingerprint density at radius 2 is 1.84 bits per heavy atom. The second-order valence-corrected chi connectivity index (χ2v) is 6.05. The van der Waals surface area contributed by atoms with Gasteiger partial charge in [0.25, 0.3) is 0 Å². The summed E-state index contributed by atoms with van der Waals surface area (Å²) in [5.41, 5.74) is 4.89. The van der Waals surface area contributed by atoms with Crippen molar-refractivity contribution in [2.75, 3.05) is 5.32 Å². The van der Waals surface area contributed by atoms with Crippen molar-refractivity contribution in [3.05, 3.63) is 95.7 Å². The van der Waals surface area contributed by atoms with E-state index in [4.69, 9.17) is 0 Å². The summed E-state index contributed by atoms with van der Waals surface area (Å²) in [5, 5.41) is 4.59. The van der Waals surface area contributed by atoms with E-state index in [-0.39, 0.29) is 11.9 Å². The first-order chi connectivity index (χ1) is 12.2. The molecule has 4 aromatic rings. The zero-order valence-corrected chi connectivity index (χ0v) is 13.8. The fraction of sp³-hybridized carbons (Fsp3) is 0.0952. The number of halogens is 1. The SMILES string of the molecule is Cc1[nH]c2ccccc2c1[C@H](Nc1cccc(F)c1)c1ccccn1. The highest BCUT2D eigenvalue weighted by atomic mass is 19.1. The number of aryl methyl sites for hydroxylation is 1. The number of hydrogen-bond donors (Lipinski definition) is 2. The van der Waals surface area contributed by atoms with Gasteiger partial charge in [0.2, 0.25) is 0 Å². The van der Waals surface area contributed by atoms with Gasteiger partial charge >= 0.3 is 0 Å². The number of pyridine rings is 1. The fourth-order valence-electron chi connectivity index (χ4n) is 3.26. The molecule has 3 nitrogen and oxygen atoms in total. The molecule has 0 aliphatic carbocycles. The summed E-state index contributed by atoms with van der Waals surface area (Å²) in [7, 11) is 0. The minimum Gasteiger partial charge on any atom is -0.373 e. The average Bonchev–Trinajstić information content (AvgIpc) is 2.96. The second kappa shape index (κ2) is 6.40. The first-order valence-electron chi connectivity index (χ1n) is 8.22. The van der Waals surface area contributed by atoms with E-state index in [1.165, 1.54) is 12.1 Å². The Kier molecular flexibility index (Phi) is 3.94. The molecule has 2 aromatic heterocycles. The van der Waals surface area contributed by atoms with E-state index in [0.29, 0.717) is 0 Å². The summed E-state index contributed by atoms with van der Waals surface area (Å²) in [6.07, 6.45) is 1.78. The van der Waals surface area contributed by atoms with Crippen LogP contribution in [0.25, 0.3) is 10.9 Å². The van der Waals surface area contributed by atoms with Crippen molar-refractivity contribution in [1.29, 1.82) is 0 Å². The molecule has 2 heterocycles. The van der Waals surface area contributed by atoms with Crippen LogP contribution in [0.5, 0.6) is 0 Å². The van der Waals surface area contributed by atoms with Crippen LogP contribution in [0.2, 0.25) is 0 Å². The third kappa shape index (κ3) is 2.98. The van der Waals surface area contributed by atoms with Crippen LogP contribution in [-0.2, 0) is 0 Å². The van der Waals surface area contributed by atoms with Gasteiger partial charge in [-0.3, -0.25) is 4.98 Å². The number of benzene rings is 2. The molecule has 0 radical (unpaired) electrons. The molecule has 0 saturated heterocycles. The Morgan fingerprint density at radius 3 is 2.64 bits per heavy atom. The molecule has 0 aliphatic rings. The van der Waals surface area contributed by atoms with Gasteiger partial charge in [0, 0.05) is 34.0 Å².